The first-order valence-corrected chi connectivity index (χ1v) is 4.49. The average molecular weight is 206 g/mol. The fourth-order valence-electron chi connectivity index (χ4n) is 1.16. The van der Waals surface area contributed by atoms with Crippen LogP contribution in [0.1, 0.15) is 0 Å². The SMILES string of the molecule is Nc1ccc(-c2ccccc2Cl)nn1. The van der Waals surface area contributed by atoms with Gasteiger partial charge >= 0.3 is 0 Å². The normalized spacial score (nSPS) is 10.1. The maximum absolute atomic E-state index is 6.00. The summed E-state index contributed by atoms with van der Waals surface area (Å²) in [5.41, 5.74) is 7.03. The zero-order valence-electron chi connectivity index (χ0n) is 7.31. The summed E-state index contributed by atoms with van der Waals surface area (Å²) >= 11 is 6.00. The smallest absolute Gasteiger partial charge is 0.146 e. The molecule has 0 aliphatic rings. The van der Waals surface area contributed by atoms with Crippen LogP contribution in [0, 0.1) is 0 Å². The van der Waals surface area contributed by atoms with Gasteiger partial charge in [0.2, 0.25) is 0 Å². The Morgan fingerprint density at radius 1 is 1.00 bits per heavy atom. The molecular weight excluding hydrogens is 198 g/mol. The molecule has 2 aromatic rings. The monoisotopic (exact) mass is 205 g/mol. The van der Waals surface area contributed by atoms with Crippen LogP contribution < -0.4 is 5.73 Å². The number of nitrogen functional groups attached to an aromatic ring is 1. The standard InChI is InChI=1S/C10H8ClN3/c11-8-4-2-1-3-7(8)9-5-6-10(12)14-13-9/h1-6H,(H2,12,14). The van der Waals surface area contributed by atoms with Crippen LogP contribution in [0.4, 0.5) is 5.82 Å². The molecule has 14 heavy (non-hydrogen) atoms. The van der Waals surface area contributed by atoms with Crippen molar-refractivity contribution < 1.29 is 0 Å². The summed E-state index contributed by atoms with van der Waals surface area (Å²) in [6.45, 7) is 0. The minimum atomic E-state index is 0.404. The average Bonchev–Trinajstić information content (AvgIpc) is 2.20. The molecule has 4 heteroatoms. The van der Waals surface area contributed by atoms with Gasteiger partial charge in [-0.25, -0.2) is 0 Å². The first-order chi connectivity index (χ1) is 6.77. The van der Waals surface area contributed by atoms with Crippen LogP contribution in [0.2, 0.25) is 5.02 Å². The highest BCUT2D eigenvalue weighted by atomic mass is 35.5. The Bertz CT molecular complexity index is 439. The summed E-state index contributed by atoms with van der Waals surface area (Å²) in [5, 5.41) is 8.37. The van der Waals surface area contributed by atoms with Gasteiger partial charge in [0.25, 0.3) is 0 Å². The predicted octanol–water partition coefficient (Wildman–Crippen LogP) is 2.38. The number of anilines is 1. The molecule has 0 aliphatic carbocycles. The Kier molecular flexibility index (Phi) is 2.33. The summed E-state index contributed by atoms with van der Waals surface area (Å²) in [6.07, 6.45) is 0. The van der Waals surface area contributed by atoms with Crippen molar-refractivity contribution in [2.75, 3.05) is 5.73 Å². The largest absolute Gasteiger partial charge is 0.382 e. The van der Waals surface area contributed by atoms with Gasteiger partial charge in [-0.1, -0.05) is 29.8 Å². The second kappa shape index (κ2) is 3.64. The van der Waals surface area contributed by atoms with E-state index in [4.69, 9.17) is 17.3 Å². The third-order valence-corrected chi connectivity index (χ3v) is 2.16. The number of halogens is 1. The Morgan fingerprint density at radius 3 is 2.43 bits per heavy atom. The fourth-order valence-corrected chi connectivity index (χ4v) is 1.39. The molecule has 0 saturated carbocycles. The maximum atomic E-state index is 6.00. The number of rotatable bonds is 1. The zero-order chi connectivity index (χ0) is 9.97. The summed E-state index contributed by atoms with van der Waals surface area (Å²) in [7, 11) is 0. The van der Waals surface area contributed by atoms with Gasteiger partial charge in [0.05, 0.1) is 10.7 Å². The number of benzene rings is 1. The van der Waals surface area contributed by atoms with Crippen molar-refractivity contribution >= 4 is 17.4 Å². The van der Waals surface area contributed by atoms with E-state index in [1.165, 1.54) is 0 Å². The molecule has 0 fully saturated rings. The van der Waals surface area contributed by atoms with Crippen LogP contribution in [0.3, 0.4) is 0 Å². The van der Waals surface area contributed by atoms with Crippen molar-refractivity contribution in [3.63, 3.8) is 0 Å². The van der Waals surface area contributed by atoms with Crippen LogP contribution in [0.5, 0.6) is 0 Å². The molecule has 0 unspecified atom stereocenters. The molecule has 2 N–H and O–H groups in total. The van der Waals surface area contributed by atoms with E-state index in [0.717, 1.165) is 11.3 Å². The van der Waals surface area contributed by atoms with Crippen molar-refractivity contribution in [1.82, 2.24) is 10.2 Å². The molecule has 0 radical (unpaired) electrons. The van der Waals surface area contributed by atoms with Crippen molar-refractivity contribution in [3.05, 3.63) is 41.4 Å². The molecule has 70 valence electrons. The molecule has 0 bridgehead atoms. The van der Waals surface area contributed by atoms with Gasteiger partial charge in [0.1, 0.15) is 5.82 Å². The van der Waals surface area contributed by atoms with Gasteiger partial charge in [-0.15, -0.1) is 10.2 Å². The molecule has 0 amide bonds. The summed E-state index contributed by atoms with van der Waals surface area (Å²) < 4.78 is 0. The van der Waals surface area contributed by atoms with Gasteiger partial charge in [0.15, 0.2) is 0 Å². The van der Waals surface area contributed by atoms with Gasteiger partial charge in [-0.2, -0.15) is 0 Å². The van der Waals surface area contributed by atoms with Crippen molar-refractivity contribution in [2.45, 2.75) is 0 Å². The van der Waals surface area contributed by atoms with Crippen molar-refractivity contribution in [1.29, 1.82) is 0 Å². The van der Waals surface area contributed by atoms with E-state index in [1.807, 2.05) is 24.3 Å². The van der Waals surface area contributed by atoms with Crippen LogP contribution in [-0.4, -0.2) is 10.2 Å². The summed E-state index contributed by atoms with van der Waals surface area (Å²) in [5.74, 6) is 0.404. The highest BCUT2D eigenvalue weighted by molar-refractivity contribution is 6.33. The number of nitrogens with zero attached hydrogens (tertiary/aromatic N) is 2. The van der Waals surface area contributed by atoms with Gasteiger partial charge < -0.3 is 5.73 Å². The lowest BCUT2D eigenvalue weighted by molar-refractivity contribution is 1.05. The number of nitrogens with two attached hydrogens (primary N) is 1. The predicted molar refractivity (Wildman–Crippen MR) is 56.9 cm³/mol. The third kappa shape index (κ3) is 1.67. The van der Waals surface area contributed by atoms with E-state index in [0.29, 0.717) is 10.8 Å². The lowest BCUT2D eigenvalue weighted by Crippen LogP contribution is -1.93. The summed E-state index contributed by atoms with van der Waals surface area (Å²) in [6, 6.07) is 11.0. The van der Waals surface area contributed by atoms with Gasteiger partial charge in [-0.05, 0) is 18.2 Å². The molecule has 0 aliphatic heterocycles. The van der Waals surface area contributed by atoms with E-state index in [1.54, 1.807) is 12.1 Å². The molecule has 0 atom stereocenters. The van der Waals surface area contributed by atoms with E-state index in [-0.39, 0.29) is 0 Å². The van der Waals surface area contributed by atoms with Crippen molar-refractivity contribution in [3.8, 4) is 11.3 Å². The van der Waals surface area contributed by atoms with Gasteiger partial charge in [0, 0.05) is 5.56 Å². The first kappa shape index (κ1) is 8.97. The van der Waals surface area contributed by atoms with E-state index < -0.39 is 0 Å². The fraction of sp³-hybridized carbons (Fsp3) is 0. The lowest BCUT2D eigenvalue weighted by atomic mass is 10.1. The summed E-state index contributed by atoms with van der Waals surface area (Å²) in [4.78, 5) is 0. The highest BCUT2D eigenvalue weighted by Gasteiger charge is 2.03. The zero-order valence-corrected chi connectivity index (χ0v) is 8.07. The third-order valence-electron chi connectivity index (χ3n) is 1.83. The second-order valence-corrected chi connectivity index (χ2v) is 3.23. The molecule has 3 nitrogen and oxygen atoms in total. The number of hydrogen-bond donors (Lipinski definition) is 1. The maximum Gasteiger partial charge on any atom is 0.146 e. The van der Waals surface area contributed by atoms with Crippen LogP contribution >= 0.6 is 11.6 Å². The van der Waals surface area contributed by atoms with E-state index in [9.17, 15) is 0 Å². The lowest BCUT2D eigenvalue weighted by Gasteiger charge is -2.01. The molecular formula is C10H8ClN3. The number of hydrogen-bond acceptors (Lipinski definition) is 3. The molecule has 1 aromatic carbocycles. The Balaban J connectivity index is 2.50. The topological polar surface area (TPSA) is 51.8 Å². The molecule has 2 rings (SSSR count). The Hall–Kier alpha value is -1.61. The minimum absolute atomic E-state index is 0.404. The molecule has 1 aromatic heterocycles. The van der Waals surface area contributed by atoms with Crippen LogP contribution in [-0.2, 0) is 0 Å². The quantitative estimate of drug-likeness (QED) is 0.778. The second-order valence-electron chi connectivity index (χ2n) is 2.82. The van der Waals surface area contributed by atoms with Crippen LogP contribution in [0.15, 0.2) is 36.4 Å². The van der Waals surface area contributed by atoms with E-state index >= 15 is 0 Å². The molecule has 0 spiro atoms. The first-order valence-electron chi connectivity index (χ1n) is 4.11. The van der Waals surface area contributed by atoms with Crippen molar-refractivity contribution in [2.24, 2.45) is 0 Å². The van der Waals surface area contributed by atoms with Crippen LogP contribution in [0.25, 0.3) is 11.3 Å². The molecule has 1 heterocycles. The van der Waals surface area contributed by atoms with Gasteiger partial charge in [-0.3, -0.25) is 0 Å². The highest BCUT2D eigenvalue weighted by Crippen LogP contribution is 2.25. The minimum Gasteiger partial charge on any atom is -0.382 e. The Labute approximate surface area is 86.5 Å². The Morgan fingerprint density at radius 2 is 1.79 bits per heavy atom. The molecule has 0 saturated heterocycles. The number of aromatic nitrogens is 2. The van der Waals surface area contributed by atoms with E-state index in [2.05, 4.69) is 10.2 Å².